The lowest BCUT2D eigenvalue weighted by molar-refractivity contribution is -0.129. The number of carbonyl (C=O) groups is 2. The van der Waals surface area contributed by atoms with E-state index in [-0.39, 0.29) is 11.9 Å². The molecule has 16 heavy (non-hydrogen) atoms. The zero-order chi connectivity index (χ0) is 12.3. The van der Waals surface area contributed by atoms with E-state index in [1.54, 1.807) is 4.90 Å². The van der Waals surface area contributed by atoms with Crippen molar-refractivity contribution in [2.45, 2.75) is 39.7 Å². The van der Waals surface area contributed by atoms with Gasteiger partial charge in [0.2, 0.25) is 5.91 Å². The third-order valence-corrected chi connectivity index (χ3v) is 2.75. The fraction of sp³-hybridized carbons (Fsp3) is 0.818. The van der Waals surface area contributed by atoms with Gasteiger partial charge in [0.1, 0.15) is 0 Å². The minimum absolute atomic E-state index is 0.0174. The third-order valence-electron chi connectivity index (χ3n) is 2.75. The second-order valence-electron chi connectivity index (χ2n) is 5.35. The van der Waals surface area contributed by atoms with E-state index in [0.717, 1.165) is 12.8 Å². The van der Waals surface area contributed by atoms with Gasteiger partial charge in [-0.3, -0.25) is 4.79 Å². The molecule has 5 nitrogen and oxygen atoms in total. The summed E-state index contributed by atoms with van der Waals surface area (Å²) in [6.07, 6.45) is 1.80. The van der Waals surface area contributed by atoms with E-state index in [2.05, 4.69) is 5.32 Å². The van der Waals surface area contributed by atoms with E-state index >= 15 is 0 Å². The van der Waals surface area contributed by atoms with Crippen molar-refractivity contribution >= 4 is 11.9 Å². The molecule has 0 aromatic carbocycles. The molecule has 3 amide bonds. The van der Waals surface area contributed by atoms with Crippen LogP contribution in [0.3, 0.4) is 0 Å². The maximum Gasteiger partial charge on any atom is 0.314 e. The summed E-state index contributed by atoms with van der Waals surface area (Å²) >= 11 is 0. The summed E-state index contributed by atoms with van der Waals surface area (Å²) < 4.78 is 0. The molecule has 1 atom stereocenters. The fourth-order valence-electron chi connectivity index (χ4n) is 1.70. The Balaban J connectivity index is 2.49. The lowest BCUT2D eigenvalue weighted by Gasteiger charge is -2.33. The predicted molar refractivity (Wildman–Crippen MR) is 61.8 cm³/mol. The Labute approximate surface area is 96.4 Å². The number of nitrogens with two attached hydrogens (primary N) is 1. The maximum atomic E-state index is 11.8. The first-order valence-electron chi connectivity index (χ1n) is 5.66. The zero-order valence-electron chi connectivity index (χ0n) is 10.2. The first-order valence-corrected chi connectivity index (χ1v) is 5.66. The first kappa shape index (κ1) is 12.8. The molecule has 92 valence electrons. The number of amides is 3. The van der Waals surface area contributed by atoms with Crippen molar-refractivity contribution in [1.82, 2.24) is 10.2 Å². The number of nitrogens with one attached hydrogen (secondary N) is 1. The Bertz CT molecular complexity index is 283. The maximum absolute atomic E-state index is 11.8. The summed E-state index contributed by atoms with van der Waals surface area (Å²) in [6, 6.07) is -0.373. The molecule has 1 fully saturated rings. The normalized spacial score (nSPS) is 21.7. The van der Waals surface area contributed by atoms with Gasteiger partial charge in [0.15, 0.2) is 0 Å². The molecule has 0 radical (unpaired) electrons. The van der Waals surface area contributed by atoms with Gasteiger partial charge in [-0.15, -0.1) is 0 Å². The molecule has 1 aliphatic heterocycles. The first-order chi connectivity index (χ1) is 7.30. The lowest BCUT2D eigenvalue weighted by atomic mass is 9.94. The van der Waals surface area contributed by atoms with Crippen LogP contribution in [0.1, 0.15) is 33.6 Å². The SMILES string of the molecule is CC(C)(C)C(=O)NC1CCCN(C(N)=O)C1. The van der Waals surface area contributed by atoms with Crippen molar-refractivity contribution in [2.24, 2.45) is 11.1 Å². The Kier molecular flexibility index (Phi) is 3.78. The minimum Gasteiger partial charge on any atom is -0.351 e. The molecule has 1 unspecified atom stereocenters. The van der Waals surface area contributed by atoms with Crippen molar-refractivity contribution in [3.63, 3.8) is 0 Å². The monoisotopic (exact) mass is 227 g/mol. The molecule has 1 heterocycles. The molecular weight excluding hydrogens is 206 g/mol. The van der Waals surface area contributed by atoms with Crippen LogP contribution >= 0.6 is 0 Å². The van der Waals surface area contributed by atoms with E-state index < -0.39 is 11.4 Å². The van der Waals surface area contributed by atoms with Crippen LogP contribution in [0.4, 0.5) is 4.79 Å². The van der Waals surface area contributed by atoms with Gasteiger partial charge in [0.05, 0.1) is 0 Å². The van der Waals surface area contributed by atoms with Crippen LogP contribution in [-0.2, 0) is 4.79 Å². The number of rotatable bonds is 1. The van der Waals surface area contributed by atoms with E-state index in [1.807, 2.05) is 20.8 Å². The topological polar surface area (TPSA) is 75.4 Å². The van der Waals surface area contributed by atoms with E-state index in [9.17, 15) is 9.59 Å². The highest BCUT2D eigenvalue weighted by Crippen LogP contribution is 2.15. The minimum atomic E-state index is -0.408. The average molecular weight is 227 g/mol. The number of nitrogens with zero attached hydrogens (tertiary/aromatic N) is 1. The Hall–Kier alpha value is -1.26. The highest BCUT2D eigenvalue weighted by molar-refractivity contribution is 5.81. The van der Waals surface area contributed by atoms with Gasteiger partial charge in [0.25, 0.3) is 0 Å². The number of piperidine rings is 1. The molecule has 0 aromatic rings. The van der Waals surface area contributed by atoms with Crippen LogP contribution in [0.15, 0.2) is 0 Å². The third kappa shape index (κ3) is 3.40. The summed E-state index contributed by atoms with van der Waals surface area (Å²) in [4.78, 5) is 24.4. The zero-order valence-corrected chi connectivity index (χ0v) is 10.2. The van der Waals surface area contributed by atoms with Gasteiger partial charge < -0.3 is 16.0 Å². The molecule has 0 saturated carbocycles. The number of likely N-dealkylation sites (tertiary alicyclic amines) is 1. The Morgan fingerprint density at radius 3 is 2.50 bits per heavy atom. The summed E-state index contributed by atoms with van der Waals surface area (Å²) in [5, 5.41) is 2.96. The molecule has 1 aliphatic rings. The van der Waals surface area contributed by atoms with Crippen molar-refractivity contribution in [1.29, 1.82) is 0 Å². The lowest BCUT2D eigenvalue weighted by Crippen LogP contribution is -2.52. The van der Waals surface area contributed by atoms with Crippen LogP contribution in [0.2, 0.25) is 0 Å². The summed E-state index contributed by atoms with van der Waals surface area (Å²) in [5.41, 5.74) is 4.83. The average Bonchev–Trinajstić information content (AvgIpc) is 2.16. The highest BCUT2D eigenvalue weighted by Gasteiger charge is 2.27. The van der Waals surface area contributed by atoms with Crippen molar-refractivity contribution in [3.05, 3.63) is 0 Å². The quantitative estimate of drug-likeness (QED) is 0.691. The number of carbonyl (C=O) groups excluding carboxylic acids is 2. The van der Waals surface area contributed by atoms with Gasteiger partial charge >= 0.3 is 6.03 Å². The molecule has 1 rings (SSSR count). The van der Waals surface area contributed by atoms with Gasteiger partial charge in [-0.2, -0.15) is 0 Å². The van der Waals surface area contributed by atoms with Gasteiger partial charge in [-0.25, -0.2) is 4.79 Å². The molecule has 0 aromatic heterocycles. The number of urea groups is 1. The van der Waals surface area contributed by atoms with Crippen molar-refractivity contribution < 1.29 is 9.59 Å². The van der Waals surface area contributed by atoms with Crippen LogP contribution in [0.25, 0.3) is 0 Å². The molecular formula is C11H21N3O2. The summed E-state index contributed by atoms with van der Waals surface area (Å²) in [5.74, 6) is 0.0174. The van der Waals surface area contributed by atoms with E-state index in [4.69, 9.17) is 5.73 Å². The van der Waals surface area contributed by atoms with Gasteiger partial charge in [0, 0.05) is 24.5 Å². The molecule has 0 bridgehead atoms. The standard InChI is InChI=1S/C11H21N3O2/c1-11(2,3)9(15)13-8-5-4-6-14(7-8)10(12)16/h8H,4-7H2,1-3H3,(H2,12,16)(H,13,15). The largest absolute Gasteiger partial charge is 0.351 e. The van der Waals surface area contributed by atoms with Crippen LogP contribution in [0.5, 0.6) is 0 Å². The number of hydrogen-bond donors (Lipinski definition) is 2. The summed E-state index contributed by atoms with van der Waals surface area (Å²) in [7, 11) is 0. The van der Waals surface area contributed by atoms with Crippen molar-refractivity contribution in [2.75, 3.05) is 13.1 Å². The second-order valence-corrected chi connectivity index (χ2v) is 5.35. The molecule has 1 saturated heterocycles. The van der Waals surface area contributed by atoms with E-state index in [0.29, 0.717) is 13.1 Å². The molecule has 0 aliphatic carbocycles. The number of primary amides is 1. The number of hydrogen-bond acceptors (Lipinski definition) is 2. The van der Waals surface area contributed by atoms with Gasteiger partial charge in [-0.05, 0) is 12.8 Å². The van der Waals surface area contributed by atoms with E-state index in [1.165, 1.54) is 0 Å². The highest BCUT2D eigenvalue weighted by atomic mass is 16.2. The fourth-order valence-corrected chi connectivity index (χ4v) is 1.70. The van der Waals surface area contributed by atoms with Gasteiger partial charge in [-0.1, -0.05) is 20.8 Å². The summed E-state index contributed by atoms with van der Waals surface area (Å²) in [6.45, 7) is 6.83. The van der Waals surface area contributed by atoms with Crippen LogP contribution < -0.4 is 11.1 Å². The Morgan fingerprint density at radius 1 is 1.38 bits per heavy atom. The molecule has 5 heteroatoms. The molecule has 0 spiro atoms. The Morgan fingerprint density at radius 2 is 2.00 bits per heavy atom. The van der Waals surface area contributed by atoms with Crippen LogP contribution in [-0.4, -0.2) is 36.0 Å². The second kappa shape index (κ2) is 4.72. The van der Waals surface area contributed by atoms with Crippen LogP contribution in [0, 0.1) is 5.41 Å². The predicted octanol–water partition coefficient (Wildman–Crippen LogP) is 0.692. The molecule has 3 N–H and O–H groups in total. The van der Waals surface area contributed by atoms with Crippen molar-refractivity contribution in [3.8, 4) is 0 Å². The smallest absolute Gasteiger partial charge is 0.314 e.